The molecule has 3 rings (SSSR count). The third-order valence-electron chi connectivity index (χ3n) is 3.05. The fourth-order valence-corrected chi connectivity index (χ4v) is 3.15. The van der Waals surface area contributed by atoms with E-state index in [0.29, 0.717) is 0 Å². The Morgan fingerprint density at radius 2 is 2.21 bits per heavy atom. The molecule has 0 spiro atoms. The molecule has 2 heterocycles. The van der Waals surface area contributed by atoms with Crippen molar-refractivity contribution < 1.29 is 0 Å². The van der Waals surface area contributed by atoms with E-state index >= 15 is 0 Å². The molecule has 1 aliphatic heterocycles. The maximum Gasteiger partial charge on any atom is 0.138 e. The zero-order valence-electron chi connectivity index (χ0n) is 10.4. The Labute approximate surface area is 121 Å². The largest absolute Gasteiger partial charge is 0.312 e. The summed E-state index contributed by atoms with van der Waals surface area (Å²) >= 11 is 7.81. The van der Waals surface area contributed by atoms with Crippen LogP contribution in [0.2, 0.25) is 5.02 Å². The number of hydrogen-bond donors (Lipinski definition) is 1. The predicted molar refractivity (Wildman–Crippen MR) is 78.5 cm³/mol. The van der Waals surface area contributed by atoms with Crippen molar-refractivity contribution in [2.45, 2.75) is 23.6 Å². The number of nitrogens with zero attached hydrogens (tertiary/aromatic N) is 2. The Kier molecular flexibility index (Phi) is 4.01. The molecule has 0 radical (unpaired) electrons. The zero-order valence-corrected chi connectivity index (χ0v) is 12.0. The summed E-state index contributed by atoms with van der Waals surface area (Å²) in [5, 5.41) is 4.11. The van der Waals surface area contributed by atoms with Gasteiger partial charge >= 0.3 is 0 Å². The van der Waals surface area contributed by atoms with Crippen LogP contribution in [0.5, 0.6) is 0 Å². The van der Waals surface area contributed by atoms with Crippen molar-refractivity contribution in [3.8, 4) is 0 Å². The smallest absolute Gasteiger partial charge is 0.138 e. The molecule has 0 atom stereocenters. The highest BCUT2D eigenvalue weighted by molar-refractivity contribution is 7.98. The molecule has 19 heavy (non-hydrogen) atoms. The lowest BCUT2D eigenvalue weighted by atomic mass is 10.1. The van der Waals surface area contributed by atoms with Crippen LogP contribution in [0.15, 0.2) is 35.4 Å². The average Bonchev–Trinajstić information content (AvgIpc) is 2.46. The first-order chi connectivity index (χ1) is 9.33. The maximum atomic E-state index is 6.14. The molecule has 0 saturated heterocycles. The summed E-state index contributed by atoms with van der Waals surface area (Å²) in [6.45, 7) is 1.88. The Bertz CT molecular complexity index is 589. The Hall–Kier alpha value is -1.10. The van der Waals surface area contributed by atoms with E-state index in [1.54, 1.807) is 11.8 Å². The van der Waals surface area contributed by atoms with Gasteiger partial charge in [0, 0.05) is 41.9 Å². The van der Waals surface area contributed by atoms with Gasteiger partial charge in [-0.25, -0.2) is 9.97 Å². The monoisotopic (exact) mass is 291 g/mol. The summed E-state index contributed by atoms with van der Waals surface area (Å²) in [6.07, 6.45) is 2.93. The molecule has 98 valence electrons. The number of halogens is 1. The fourth-order valence-electron chi connectivity index (χ4n) is 2.05. The van der Waals surface area contributed by atoms with Gasteiger partial charge in [0.1, 0.15) is 5.82 Å². The topological polar surface area (TPSA) is 37.8 Å². The molecule has 1 aromatic carbocycles. The predicted octanol–water partition coefficient (Wildman–Crippen LogP) is 3.07. The van der Waals surface area contributed by atoms with Crippen LogP contribution < -0.4 is 5.32 Å². The lowest BCUT2D eigenvalue weighted by Crippen LogP contribution is -2.25. The molecule has 3 nitrogen and oxygen atoms in total. The number of aromatic nitrogens is 2. The zero-order chi connectivity index (χ0) is 13.1. The van der Waals surface area contributed by atoms with Crippen LogP contribution >= 0.6 is 23.4 Å². The second-order valence-corrected chi connectivity index (χ2v) is 5.83. The lowest BCUT2D eigenvalue weighted by molar-refractivity contribution is 0.622. The Morgan fingerprint density at radius 1 is 1.32 bits per heavy atom. The molecule has 5 heteroatoms. The van der Waals surface area contributed by atoms with E-state index in [0.717, 1.165) is 41.0 Å². The average molecular weight is 292 g/mol. The van der Waals surface area contributed by atoms with E-state index in [1.807, 2.05) is 30.5 Å². The van der Waals surface area contributed by atoms with E-state index < -0.39 is 0 Å². The lowest BCUT2D eigenvalue weighted by Gasteiger charge is -2.16. The van der Waals surface area contributed by atoms with Gasteiger partial charge in [-0.05, 0) is 12.1 Å². The van der Waals surface area contributed by atoms with Gasteiger partial charge < -0.3 is 5.32 Å². The second-order valence-electron chi connectivity index (χ2n) is 4.40. The van der Waals surface area contributed by atoms with Crippen LogP contribution in [0.25, 0.3) is 0 Å². The van der Waals surface area contributed by atoms with E-state index in [2.05, 4.69) is 15.3 Å². The fraction of sp³-hybridized carbons (Fsp3) is 0.286. The molecular formula is C14H14ClN3S. The molecule has 1 aliphatic rings. The molecule has 0 aliphatic carbocycles. The number of rotatable bonds is 3. The quantitative estimate of drug-likeness (QED) is 0.882. The van der Waals surface area contributed by atoms with Gasteiger partial charge in [0.25, 0.3) is 0 Å². The van der Waals surface area contributed by atoms with Crippen molar-refractivity contribution >= 4 is 23.4 Å². The number of fused-ring (bicyclic) bond motifs is 1. The van der Waals surface area contributed by atoms with Crippen LogP contribution in [0.3, 0.4) is 0 Å². The van der Waals surface area contributed by atoms with Gasteiger partial charge in [0.2, 0.25) is 0 Å². The van der Waals surface area contributed by atoms with Crippen molar-refractivity contribution in [1.82, 2.24) is 15.3 Å². The van der Waals surface area contributed by atoms with Crippen molar-refractivity contribution in [1.29, 1.82) is 0 Å². The second kappa shape index (κ2) is 5.90. The molecule has 0 saturated carbocycles. The van der Waals surface area contributed by atoms with E-state index in [9.17, 15) is 0 Å². The standard InChI is InChI=1S/C14H14ClN3S/c15-11-3-1-2-4-13(11)19-9-14-17-8-10-7-16-6-5-12(10)18-14/h1-4,8,16H,5-7,9H2. The van der Waals surface area contributed by atoms with Crippen LogP contribution in [0.1, 0.15) is 17.1 Å². The highest BCUT2D eigenvalue weighted by atomic mass is 35.5. The Balaban J connectivity index is 1.72. The van der Waals surface area contributed by atoms with Crippen molar-refractivity contribution in [3.05, 3.63) is 52.6 Å². The minimum atomic E-state index is 0.754. The van der Waals surface area contributed by atoms with Crippen LogP contribution in [-0.4, -0.2) is 16.5 Å². The third kappa shape index (κ3) is 3.08. The third-order valence-corrected chi connectivity index (χ3v) is 4.56. The van der Waals surface area contributed by atoms with Crippen molar-refractivity contribution in [2.24, 2.45) is 0 Å². The summed E-state index contributed by atoms with van der Waals surface area (Å²) in [4.78, 5) is 10.1. The van der Waals surface area contributed by atoms with Gasteiger partial charge in [0.05, 0.1) is 10.8 Å². The number of thioether (sulfide) groups is 1. The van der Waals surface area contributed by atoms with Gasteiger partial charge in [0.15, 0.2) is 0 Å². The van der Waals surface area contributed by atoms with Gasteiger partial charge in [-0.1, -0.05) is 23.7 Å². The minimum absolute atomic E-state index is 0.754. The van der Waals surface area contributed by atoms with E-state index in [-0.39, 0.29) is 0 Å². The maximum absolute atomic E-state index is 6.14. The number of nitrogens with one attached hydrogen (secondary N) is 1. The highest BCUT2D eigenvalue weighted by Crippen LogP contribution is 2.28. The molecular weight excluding hydrogens is 278 g/mol. The first-order valence-electron chi connectivity index (χ1n) is 6.24. The molecule has 1 N–H and O–H groups in total. The first kappa shape index (κ1) is 12.9. The van der Waals surface area contributed by atoms with Crippen molar-refractivity contribution in [2.75, 3.05) is 6.54 Å². The summed E-state index contributed by atoms with van der Waals surface area (Å²) < 4.78 is 0. The van der Waals surface area contributed by atoms with E-state index in [1.165, 1.54) is 11.3 Å². The number of benzene rings is 1. The Morgan fingerprint density at radius 3 is 3.11 bits per heavy atom. The van der Waals surface area contributed by atoms with Gasteiger partial charge in [-0.2, -0.15) is 0 Å². The van der Waals surface area contributed by atoms with Gasteiger partial charge in [-0.15, -0.1) is 11.8 Å². The number of hydrogen-bond acceptors (Lipinski definition) is 4. The minimum Gasteiger partial charge on any atom is -0.312 e. The SMILES string of the molecule is Clc1ccccc1SCc1ncc2c(n1)CCNC2. The molecule has 0 fully saturated rings. The van der Waals surface area contributed by atoms with Crippen LogP contribution in [0.4, 0.5) is 0 Å². The highest BCUT2D eigenvalue weighted by Gasteiger charge is 2.11. The van der Waals surface area contributed by atoms with E-state index in [4.69, 9.17) is 11.6 Å². The molecule has 2 aromatic rings. The summed E-state index contributed by atoms with van der Waals surface area (Å²) in [7, 11) is 0. The molecule has 1 aromatic heterocycles. The van der Waals surface area contributed by atoms with Crippen LogP contribution in [-0.2, 0) is 18.7 Å². The van der Waals surface area contributed by atoms with Gasteiger partial charge in [-0.3, -0.25) is 0 Å². The normalized spacial score (nSPS) is 14.2. The molecule has 0 bridgehead atoms. The summed E-state index contributed by atoms with van der Waals surface area (Å²) in [5.74, 6) is 1.63. The summed E-state index contributed by atoms with van der Waals surface area (Å²) in [5.41, 5.74) is 2.40. The van der Waals surface area contributed by atoms with Crippen molar-refractivity contribution in [3.63, 3.8) is 0 Å². The van der Waals surface area contributed by atoms with Crippen LogP contribution in [0, 0.1) is 0 Å². The first-order valence-corrected chi connectivity index (χ1v) is 7.61. The molecule has 0 amide bonds. The molecule has 0 unspecified atom stereocenters. The summed E-state index contributed by atoms with van der Waals surface area (Å²) in [6, 6.07) is 7.86.